The van der Waals surface area contributed by atoms with E-state index in [1.54, 1.807) is 30.3 Å². The van der Waals surface area contributed by atoms with Crippen LogP contribution in [0, 0.1) is 0 Å². The van der Waals surface area contributed by atoms with Gasteiger partial charge in [-0.05, 0) is 43.5 Å². The topological polar surface area (TPSA) is 72.5 Å². The summed E-state index contributed by atoms with van der Waals surface area (Å²) >= 11 is 18.0. The Kier molecular flexibility index (Phi) is 6.76. The molecule has 1 fully saturated rings. The lowest BCUT2D eigenvalue weighted by Crippen LogP contribution is -2.42. The Balaban J connectivity index is 1.80. The number of hydrogen-bond acceptors (Lipinski definition) is 4. The number of carbonyl (C=O) groups is 1. The second-order valence-corrected chi connectivity index (χ2v) is 9.65. The van der Waals surface area contributed by atoms with Crippen molar-refractivity contribution in [2.24, 2.45) is 0 Å². The SMILES string of the molecule is O=C(OC1CCCCC1S(=O)(=O)Nc1cc(Cl)c(Cl)cc1Cl)c1ccccc1. The zero-order chi connectivity index (χ0) is 20.3. The molecule has 1 aliphatic rings. The maximum absolute atomic E-state index is 13.0. The molecule has 2 aromatic carbocycles. The number of benzene rings is 2. The monoisotopic (exact) mass is 461 g/mol. The summed E-state index contributed by atoms with van der Waals surface area (Å²) in [6.07, 6.45) is 1.60. The van der Waals surface area contributed by atoms with E-state index in [-0.39, 0.29) is 20.8 Å². The van der Waals surface area contributed by atoms with Crippen molar-refractivity contribution < 1.29 is 17.9 Å². The molecule has 1 saturated carbocycles. The van der Waals surface area contributed by atoms with Crippen molar-refractivity contribution in [3.63, 3.8) is 0 Å². The highest BCUT2D eigenvalue weighted by molar-refractivity contribution is 7.93. The average molecular weight is 463 g/mol. The summed E-state index contributed by atoms with van der Waals surface area (Å²) < 4.78 is 34.0. The van der Waals surface area contributed by atoms with E-state index in [0.717, 1.165) is 12.8 Å². The minimum absolute atomic E-state index is 0.131. The van der Waals surface area contributed by atoms with Crippen LogP contribution in [0.25, 0.3) is 0 Å². The van der Waals surface area contributed by atoms with Gasteiger partial charge in [-0.15, -0.1) is 0 Å². The summed E-state index contributed by atoms with van der Waals surface area (Å²) in [4.78, 5) is 12.4. The van der Waals surface area contributed by atoms with Crippen LogP contribution < -0.4 is 4.72 Å². The van der Waals surface area contributed by atoms with Crippen molar-refractivity contribution in [1.29, 1.82) is 0 Å². The van der Waals surface area contributed by atoms with E-state index in [2.05, 4.69) is 4.72 Å². The van der Waals surface area contributed by atoms with Crippen LogP contribution in [-0.4, -0.2) is 25.7 Å². The molecule has 2 unspecified atom stereocenters. The van der Waals surface area contributed by atoms with Gasteiger partial charge in [0.1, 0.15) is 11.4 Å². The first-order valence-corrected chi connectivity index (χ1v) is 11.4. The van der Waals surface area contributed by atoms with Gasteiger partial charge in [0.05, 0.1) is 26.3 Å². The fourth-order valence-corrected chi connectivity index (χ4v) is 5.51. The smallest absolute Gasteiger partial charge is 0.338 e. The van der Waals surface area contributed by atoms with E-state index < -0.39 is 27.3 Å². The van der Waals surface area contributed by atoms with Crippen molar-refractivity contribution in [2.75, 3.05) is 4.72 Å². The first-order valence-electron chi connectivity index (χ1n) is 8.70. The summed E-state index contributed by atoms with van der Waals surface area (Å²) in [7, 11) is -3.88. The number of halogens is 3. The molecule has 28 heavy (non-hydrogen) atoms. The van der Waals surface area contributed by atoms with Gasteiger partial charge in [-0.3, -0.25) is 4.72 Å². The average Bonchev–Trinajstić information content (AvgIpc) is 2.67. The zero-order valence-corrected chi connectivity index (χ0v) is 17.8. The minimum Gasteiger partial charge on any atom is -0.457 e. The van der Waals surface area contributed by atoms with Gasteiger partial charge in [0.25, 0.3) is 0 Å². The van der Waals surface area contributed by atoms with Crippen molar-refractivity contribution in [3.8, 4) is 0 Å². The number of nitrogens with one attached hydrogen (secondary N) is 1. The number of hydrogen-bond donors (Lipinski definition) is 1. The Labute approximate surface area is 179 Å². The summed E-state index contributed by atoms with van der Waals surface area (Å²) in [5.74, 6) is -0.541. The number of sulfonamides is 1. The van der Waals surface area contributed by atoms with Crippen LogP contribution >= 0.6 is 34.8 Å². The molecule has 2 aromatic rings. The normalized spacial score (nSPS) is 19.8. The number of anilines is 1. The standard InChI is InChI=1S/C19H18Cl3NO4S/c20-13-10-15(22)16(11-14(13)21)23-28(25,26)18-9-5-4-8-17(18)27-19(24)12-6-2-1-3-7-12/h1-3,6-7,10-11,17-18,23H,4-5,8-9H2. The van der Waals surface area contributed by atoms with Crippen LogP contribution in [0.4, 0.5) is 5.69 Å². The maximum atomic E-state index is 13.0. The highest BCUT2D eigenvalue weighted by Crippen LogP contribution is 2.35. The van der Waals surface area contributed by atoms with E-state index in [9.17, 15) is 13.2 Å². The number of rotatable bonds is 5. The zero-order valence-electron chi connectivity index (χ0n) is 14.7. The minimum atomic E-state index is -3.88. The van der Waals surface area contributed by atoms with Crippen LogP contribution in [-0.2, 0) is 14.8 Å². The molecule has 0 saturated heterocycles. The van der Waals surface area contributed by atoms with Crippen LogP contribution in [0.15, 0.2) is 42.5 Å². The molecule has 0 aliphatic heterocycles. The predicted octanol–water partition coefficient (Wildman–Crippen LogP) is 5.56. The maximum Gasteiger partial charge on any atom is 0.338 e. The van der Waals surface area contributed by atoms with E-state index in [1.807, 2.05) is 0 Å². The van der Waals surface area contributed by atoms with Gasteiger partial charge in [-0.25, -0.2) is 13.2 Å². The molecule has 3 rings (SSSR count). The Morgan fingerprint density at radius 3 is 2.32 bits per heavy atom. The van der Waals surface area contributed by atoms with Crippen LogP contribution in [0.3, 0.4) is 0 Å². The van der Waals surface area contributed by atoms with Gasteiger partial charge in [0.2, 0.25) is 10.0 Å². The molecule has 0 amide bonds. The van der Waals surface area contributed by atoms with Crippen LogP contribution in [0.2, 0.25) is 15.1 Å². The summed E-state index contributed by atoms with van der Waals surface area (Å²) in [5.41, 5.74) is 0.513. The van der Waals surface area contributed by atoms with Gasteiger partial charge in [0.15, 0.2) is 0 Å². The predicted molar refractivity (Wildman–Crippen MR) is 112 cm³/mol. The highest BCUT2D eigenvalue weighted by Gasteiger charge is 2.38. The molecular formula is C19H18Cl3NO4S. The number of esters is 1. The van der Waals surface area contributed by atoms with E-state index in [1.165, 1.54) is 12.1 Å². The molecular weight excluding hydrogens is 445 g/mol. The molecule has 1 aliphatic carbocycles. The molecule has 9 heteroatoms. The van der Waals surface area contributed by atoms with Gasteiger partial charge >= 0.3 is 5.97 Å². The Hall–Kier alpha value is -1.47. The fourth-order valence-electron chi connectivity index (χ4n) is 3.16. The lowest BCUT2D eigenvalue weighted by Gasteiger charge is -2.31. The van der Waals surface area contributed by atoms with Gasteiger partial charge in [0, 0.05) is 0 Å². The van der Waals surface area contributed by atoms with E-state index >= 15 is 0 Å². The van der Waals surface area contributed by atoms with Gasteiger partial charge in [-0.2, -0.15) is 0 Å². The third-order valence-electron chi connectivity index (χ3n) is 4.57. The second kappa shape index (κ2) is 8.91. The second-order valence-electron chi connectivity index (χ2n) is 6.53. The van der Waals surface area contributed by atoms with Crippen molar-refractivity contribution in [2.45, 2.75) is 37.0 Å². The van der Waals surface area contributed by atoms with E-state index in [4.69, 9.17) is 39.5 Å². The van der Waals surface area contributed by atoms with E-state index in [0.29, 0.717) is 18.4 Å². The quantitative estimate of drug-likeness (QED) is 0.466. The van der Waals surface area contributed by atoms with Crippen molar-refractivity contribution in [1.82, 2.24) is 0 Å². The molecule has 0 spiro atoms. The highest BCUT2D eigenvalue weighted by atomic mass is 35.5. The summed E-state index contributed by atoms with van der Waals surface area (Å²) in [6.45, 7) is 0. The van der Waals surface area contributed by atoms with Crippen LogP contribution in [0.1, 0.15) is 36.0 Å². The molecule has 0 bridgehead atoms. The molecule has 1 N–H and O–H groups in total. The molecule has 2 atom stereocenters. The Morgan fingerprint density at radius 1 is 0.964 bits per heavy atom. The van der Waals surface area contributed by atoms with Crippen molar-refractivity contribution in [3.05, 3.63) is 63.1 Å². The molecule has 0 aromatic heterocycles. The molecule has 5 nitrogen and oxygen atoms in total. The Morgan fingerprint density at radius 2 is 1.61 bits per heavy atom. The summed E-state index contributed by atoms with van der Waals surface area (Å²) in [5, 5.41) is -0.354. The lowest BCUT2D eigenvalue weighted by atomic mass is 9.97. The third-order valence-corrected chi connectivity index (χ3v) is 7.45. The molecule has 0 radical (unpaired) electrons. The first-order chi connectivity index (χ1) is 13.3. The number of carbonyl (C=O) groups excluding carboxylic acids is 1. The molecule has 150 valence electrons. The Bertz CT molecular complexity index is 967. The molecule has 0 heterocycles. The van der Waals surface area contributed by atoms with Crippen molar-refractivity contribution >= 4 is 56.5 Å². The summed E-state index contributed by atoms with van der Waals surface area (Å²) in [6, 6.07) is 11.2. The first kappa shape index (κ1) is 21.2. The number of ether oxygens (including phenoxy) is 1. The fraction of sp³-hybridized carbons (Fsp3) is 0.316. The lowest BCUT2D eigenvalue weighted by molar-refractivity contribution is 0.0223. The van der Waals surface area contributed by atoms with Gasteiger partial charge in [-0.1, -0.05) is 59.4 Å². The van der Waals surface area contributed by atoms with Crippen LogP contribution in [0.5, 0.6) is 0 Å². The largest absolute Gasteiger partial charge is 0.457 e. The third kappa shape index (κ3) is 4.92. The van der Waals surface area contributed by atoms with Gasteiger partial charge < -0.3 is 4.74 Å².